The number of nitrogens with zero attached hydrogens (tertiary/aromatic N) is 1. The molecule has 1 atom stereocenters. The topological polar surface area (TPSA) is 136 Å². The molecule has 0 spiro atoms. The van der Waals surface area contributed by atoms with Crippen LogP contribution < -0.4 is 16.8 Å². The fourth-order valence-electron chi connectivity index (χ4n) is 2.62. The molecule has 8 heteroatoms. The minimum Gasteiger partial charge on any atom is -0.370 e. The summed E-state index contributed by atoms with van der Waals surface area (Å²) in [7, 11) is 1.80. The molecule has 0 saturated carbocycles. The van der Waals surface area contributed by atoms with E-state index in [4.69, 9.17) is 11.5 Å². The monoisotopic (exact) mass is 328 g/mol. The van der Waals surface area contributed by atoms with E-state index in [-0.39, 0.29) is 18.7 Å². The second-order valence-corrected chi connectivity index (χ2v) is 5.67. The Hall–Kier alpha value is -1.96. The van der Waals surface area contributed by atoms with Crippen LogP contribution in [-0.4, -0.2) is 54.6 Å². The van der Waals surface area contributed by atoms with Crippen LogP contribution in [0.2, 0.25) is 0 Å². The van der Waals surface area contributed by atoms with Crippen LogP contribution in [0, 0.1) is 0 Å². The van der Waals surface area contributed by atoms with E-state index in [1.165, 1.54) is 6.92 Å². The predicted molar refractivity (Wildman–Crippen MR) is 86.2 cm³/mol. The van der Waals surface area contributed by atoms with Gasteiger partial charge in [0.2, 0.25) is 17.7 Å². The van der Waals surface area contributed by atoms with E-state index < -0.39 is 17.4 Å². The van der Waals surface area contributed by atoms with E-state index in [1.54, 1.807) is 11.9 Å². The minimum absolute atomic E-state index is 0.00736. The Balaban J connectivity index is 0.000000468. The van der Waals surface area contributed by atoms with Crippen molar-refractivity contribution in [2.24, 2.45) is 11.5 Å². The molecule has 0 aliphatic carbocycles. The molecule has 1 aliphatic rings. The first kappa shape index (κ1) is 21.0. The number of primary amides is 2. The molecule has 5 N–H and O–H groups in total. The summed E-state index contributed by atoms with van der Waals surface area (Å²) in [6.07, 6.45) is 4.65. The third kappa shape index (κ3) is 7.73. The van der Waals surface area contributed by atoms with Crippen molar-refractivity contribution in [3.8, 4) is 0 Å². The van der Waals surface area contributed by atoms with Crippen molar-refractivity contribution in [3.05, 3.63) is 0 Å². The number of hydrogen-bond donors (Lipinski definition) is 3. The second-order valence-electron chi connectivity index (χ2n) is 5.67. The summed E-state index contributed by atoms with van der Waals surface area (Å²) in [5.41, 5.74) is 8.98. The second kappa shape index (κ2) is 10.7. The number of amides is 3. The molecule has 1 aliphatic heterocycles. The molecular weight excluding hydrogens is 300 g/mol. The number of aldehydes is 1. The van der Waals surface area contributed by atoms with Gasteiger partial charge in [-0.15, -0.1) is 0 Å². The van der Waals surface area contributed by atoms with Crippen molar-refractivity contribution in [2.75, 3.05) is 20.1 Å². The first-order valence-corrected chi connectivity index (χ1v) is 7.75. The van der Waals surface area contributed by atoms with E-state index in [0.29, 0.717) is 19.5 Å². The van der Waals surface area contributed by atoms with Gasteiger partial charge in [0.1, 0.15) is 11.8 Å². The number of nitrogens with two attached hydrogens (primary N) is 2. The Kier molecular flexibility index (Phi) is 9.80. The Morgan fingerprint density at radius 3 is 2.13 bits per heavy atom. The number of rotatable bonds is 7. The van der Waals surface area contributed by atoms with Crippen LogP contribution in [-0.2, 0) is 19.2 Å². The molecular formula is C15H28N4O4. The Morgan fingerprint density at radius 2 is 1.74 bits per heavy atom. The summed E-state index contributed by atoms with van der Waals surface area (Å²) in [6.45, 7) is 2.78. The first-order valence-electron chi connectivity index (χ1n) is 7.75. The Bertz CT molecular complexity index is 410. The fourth-order valence-corrected chi connectivity index (χ4v) is 2.62. The van der Waals surface area contributed by atoms with Gasteiger partial charge in [-0.25, -0.2) is 0 Å². The van der Waals surface area contributed by atoms with Gasteiger partial charge in [0, 0.05) is 32.9 Å². The van der Waals surface area contributed by atoms with Crippen molar-refractivity contribution in [3.63, 3.8) is 0 Å². The standard InChI is InChI=1S/C10H18N2O2.C5H10N2O2/c1-9(14)12-6-4-3-5-10(12,8-13)7-11-2;6-4(8)2-1-3-5(7)9/h8,11H,3-7H2,1-2H3;1-3H2,(H2,6,8)(H2,7,9). The number of hydrogen-bond acceptors (Lipinski definition) is 5. The Labute approximate surface area is 136 Å². The van der Waals surface area contributed by atoms with E-state index in [2.05, 4.69) is 5.32 Å². The summed E-state index contributed by atoms with van der Waals surface area (Å²) in [5, 5.41) is 2.99. The summed E-state index contributed by atoms with van der Waals surface area (Å²) in [6, 6.07) is 0. The van der Waals surface area contributed by atoms with Crippen LogP contribution in [0.1, 0.15) is 45.4 Å². The van der Waals surface area contributed by atoms with Gasteiger partial charge in [0.25, 0.3) is 0 Å². The van der Waals surface area contributed by atoms with Crippen LogP contribution in [0.4, 0.5) is 0 Å². The average Bonchev–Trinajstić information content (AvgIpc) is 2.47. The quantitative estimate of drug-likeness (QED) is 0.531. The lowest BCUT2D eigenvalue weighted by atomic mass is 9.87. The molecule has 0 radical (unpaired) electrons. The summed E-state index contributed by atoms with van der Waals surface area (Å²) >= 11 is 0. The third-order valence-corrected chi connectivity index (χ3v) is 3.71. The normalized spacial score (nSPS) is 20.2. The molecule has 0 aromatic rings. The predicted octanol–water partition coefficient (Wildman–Crippen LogP) is -0.697. The van der Waals surface area contributed by atoms with Crippen LogP contribution in [0.3, 0.4) is 0 Å². The molecule has 1 fully saturated rings. The van der Waals surface area contributed by atoms with Crippen LogP contribution >= 0.6 is 0 Å². The number of nitrogens with one attached hydrogen (secondary N) is 1. The molecule has 8 nitrogen and oxygen atoms in total. The van der Waals surface area contributed by atoms with E-state index in [1.807, 2.05) is 0 Å². The summed E-state index contributed by atoms with van der Waals surface area (Å²) < 4.78 is 0. The number of piperidine rings is 1. The lowest BCUT2D eigenvalue weighted by Crippen LogP contribution is -2.59. The maximum absolute atomic E-state index is 11.4. The maximum Gasteiger partial charge on any atom is 0.220 e. The first-order chi connectivity index (χ1) is 10.8. The zero-order chi connectivity index (χ0) is 17.9. The number of likely N-dealkylation sites (N-methyl/N-ethyl adjacent to an activating group) is 1. The molecule has 3 amide bonds. The largest absolute Gasteiger partial charge is 0.370 e. The molecule has 132 valence electrons. The zero-order valence-electron chi connectivity index (χ0n) is 14.0. The molecule has 1 unspecified atom stereocenters. The van der Waals surface area contributed by atoms with Crippen molar-refractivity contribution in [2.45, 2.75) is 51.0 Å². The molecule has 1 rings (SSSR count). The third-order valence-electron chi connectivity index (χ3n) is 3.71. The van der Waals surface area contributed by atoms with E-state index in [0.717, 1.165) is 25.5 Å². The SMILES string of the molecule is CNCC1(C=O)CCCCN1C(C)=O.NC(=O)CCCC(N)=O. The summed E-state index contributed by atoms with van der Waals surface area (Å²) in [5.74, 6) is -0.792. The fraction of sp³-hybridized carbons (Fsp3) is 0.733. The lowest BCUT2D eigenvalue weighted by molar-refractivity contribution is -0.142. The van der Waals surface area contributed by atoms with Gasteiger partial charge < -0.3 is 26.5 Å². The molecule has 1 heterocycles. The van der Waals surface area contributed by atoms with Gasteiger partial charge in [0.15, 0.2) is 0 Å². The minimum atomic E-state index is -0.598. The van der Waals surface area contributed by atoms with Crippen LogP contribution in [0.25, 0.3) is 0 Å². The van der Waals surface area contributed by atoms with Gasteiger partial charge in [0.05, 0.1) is 0 Å². The lowest BCUT2D eigenvalue weighted by Gasteiger charge is -2.43. The molecule has 23 heavy (non-hydrogen) atoms. The highest BCUT2D eigenvalue weighted by Gasteiger charge is 2.39. The molecule has 0 aromatic heterocycles. The maximum atomic E-state index is 11.4. The van der Waals surface area contributed by atoms with Crippen molar-refractivity contribution in [1.82, 2.24) is 10.2 Å². The number of likely N-dealkylation sites (tertiary alicyclic amines) is 1. The van der Waals surface area contributed by atoms with Gasteiger partial charge in [-0.05, 0) is 32.7 Å². The van der Waals surface area contributed by atoms with Crippen LogP contribution in [0.5, 0.6) is 0 Å². The summed E-state index contributed by atoms with van der Waals surface area (Å²) in [4.78, 5) is 44.3. The number of carbonyl (C=O) groups excluding carboxylic acids is 4. The zero-order valence-corrected chi connectivity index (χ0v) is 14.0. The van der Waals surface area contributed by atoms with Crippen molar-refractivity contribution in [1.29, 1.82) is 0 Å². The highest BCUT2D eigenvalue weighted by molar-refractivity contribution is 5.80. The molecule has 0 aromatic carbocycles. The van der Waals surface area contributed by atoms with Gasteiger partial charge >= 0.3 is 0 Å². The van der Waals surface area contributed by atoms with Crippen molar-refractivity contribution < 1.29 is 19.2 Å². The molecule has 1 saturated heterocycles. The van der Waals surface area contributed by atoms with Crippen LogP contribution in [0.15, 0.2) is 0 Å². The number of carbonyl (C=O) groups is 4. The Morgan fingerprint density at radius 1 is 1.17 bits per heavy atom. The average molecular weight is 328 g/mol. The smallest absolute Gasteiger partial charge is 0.220 e. The highest BCUT2D eigenvalue weighted by atomic mass is 16.2. The van der Waals surface area contributed by atoms with Gasteiger partial charge in [-0.3, -0.25) is 14.4 Å². The van der Waals surface area contributed by atoms with Gasteiger partial charge in [-0.1, -0.05) is 0 Å². The van der Waals surface area contributed by atoms with Gasteiger partial charge in [-0.2, -0.15) is 0 Å². The van der Waals surface area contributed by atoms with E-state index in [9.17, 15) is 19.2 Å². The van der Waals surface area contributed by atoms with Crippen molar-refractivity contribution >= 4 is 24.0 Å². The highest BCUT2D eigenvalue weighted by Crippen LogP contribution is 2.25. The molecule has 0 bridgehead atoms. The van der Waals surface area contributed by atoms with E-state index >= 15 is 0 Å².